The largest absolute Gasteiger partial charge is 0.472 e. The molecule has 3 N–H and O–H groups in total. The number of likely N-dealkylation sites (N-methyl/N-ethyl adjacent to an activating group) is 1. The van der Waals surface area contributed by atoms with Crippen molar-refractivity contribution in [3.8, 4) is 0 Å². The number of unbranched alkanes of at least 4 members (excludes halogenated alkanes) is 18. The molecule has 0 aliphatic carbocycles. The normalized spacial score (nSPS) is 14.9. The van der Waals surface area contributed by atoms with Gasteiger partial charge in [-0.1, -0.05) is 219 Å². The van der Waals surface area contributed by atoms with E-state index in [2.05, 4.69) is 129 Å². The van der Waals surface area contributed by atoms with Crippen LogP contribution in [0.1, 0.15) is 206 Å². The van der Waals surface area contributed by atoms with Gasteiger partial charge in [0.05, 0.1) is 39.9 Å². The van der Waals surface area contributed by atoms with E-state index >= 15 is 0 Å². The second-order valence-corrected chi connectivity index (χ2v) is 21.0. The van der Waals surface area contributed by atoms with E-state index in [4.69, 9.17) is 9.05 Å². The van der Waals surface area contributed by atoms with Gasteiger partial charge in [-0.2, -0.15) is 0 Å². The molecule has 0 aliphatic rings. The molecule has 0 saturated carbocycles. The van der Waals surface area contributed by atoms with E-state index in [9.17, 15) is 19.4 Å². The molecule has 0 aliphatic heterocycles. The van der Waals surface area contributed by atoms with Crippen molar-refractivity contribution in [2.24, 2.45) is 0 Å². The van der Waals surface area contributed by atoms with Crippen molar-refractivity contribution in [3.05, 3.63) is 122 Å². The number of hydrogen-bond donors (Lipinski definition) is 3. The fourth-order valence-electron chi connectivity index (χ4n) is 7.29. The van der Waals surface area contributed by atoms with E-state index in [1.54, 1.807) is 6.08 Å². The number of carbonyl (C=O) groups excluding carboxylic acids is 1. The summed E-state index contributed by atoms with van der Waals surface area (Å²) in [6.07, 6.45) is 75.8. The summed E-state index contributed by atoms with van der Waals surface area (Å²) >= 11 is 0. The van der Waals surface area contributed by atoms with E-state index in [0.29, 0.717) is 23.9 Å². The number of carbonyl (C=O) groups is 1. The number of nitrogens with one attached hydrogen (secondary N) is 1. The summed E-state index contributed by atoms with van der Waals surface area (Å²) in [5.74, 6) is -0.228. The molecule has 0 fully saturated rings. The number of aliphatic hydroxyl groups is 1. The number of allylic oxidation sites excluding steroid dienone is 19. The van der Waals surface area contributed by atoms with Gasteiger partial charge in [-0.15, -0.1) is 0 Å². The second kappa shape index (κ2) is 50.8. The predicted octanol–water partition coefficient (Wildman–Crippen LogP) is 17.0. The van der Waals surface area contributed by atoms with Crippen LogP contribution >= 0.6 is 7.82 Å². The number of phosphoric acid groups is 1. The average Bonchev–Trinajstić information content (AvgIpc) is 3.32. The van der Waals surface area contributed by atoms with Crippen molar-refractivity contribution in [1.82, 2.24) is 5.32 Å². The van der Waals surface area contributed by atoms with Crippen molar-refractivity contribution in [3.63, 3.8) is 0 Å². The van der Waals surface area contributed by atoms with Crippen LogP contribution in [-0.4, -0.2) is 73.4 Å². The van der Waals surface area contributed by atoms with Gasteiger partial charge in [0, 0.05) is 6.42 Å². The number of quaternary nitrogens is 1. The Hall–Kier alpha value is -3.10. The molecule has 70 heavy (non-hydrogen) atoms. The third kappa shape index (κ3) is 52.7. The van der Waals surface area contributed by atoms with Gasteiger partial charge in [-0.25, -0.2) is 4.57 Å². The van der Waals surface area contributed by atoms with Crippen LogP contribution in [-0.2, 0) is 18.4 Å². The molecule has 3 unspecified atom stereocenters. The first-order chi connectivity index (χ1) is 34.0. The highest BCUT2D eigenvalue weighted by Crippen LogP contribution is 2.43. The highest BCUT2D eigenvalue weighted by Gasteiger charge is 2.27. The Morgan fingerprint density at radius 2 is 0.871 bits per heavy atom. The van der Waals surface area contributed by atoms with Crippen molar-refractivity contribution < 1.29 is 32.9 Å². The Kier molecular flexibility index (Phi) is 48.6. The fourth-order valence-corrected chi connectivity index (χ4v) is 8.02. The molecule has 3 atom stereocenters. The minimum atomic E-state index is -4.38. The fraction of sp³-hybridized carbons (Fsp3) is 0.656. The summed E-state index contributed by atoms with van der Waals surface area (Å²) in [6, 6.07) is -0.898. The summed E-state index contributed by atoms with van der Waals surface area (Å²) in [5, 5.41) is 13.9. The number of phosphoric ester groups is 1. The van der Waals surface area contributed by atoms with E-state index in [1.165, 1.54) is 89.9 Å². The summed E-state index contributed by atoms with van der Waals surface area (Å²) in [6.45, 7) is 4.63. The molecule has 0 saturated heterocycles. The molecule has 0 bridgehead atoms. The van der Waals surface area contributed by atoms with Crippen molar-refractivity contribution in [2.45, 2.75) is 219 Å². The van der Waals surface area contributed by atoms with Crippen molar-refractivity contribution >= 4 is 13.7 Å². The Morgan fingerprint density at radius 3 is 1.31 bits per heavy atom. The summed E-state index contributed by atoms with van der Waals surface area (Å²) in [5.41, 5.74) is 0. The third-order valence-corrected chi connectivity index (χ3v) is 12.6. The van der Waals surface area contributed by atoms with Crippen LogP contribution in [0.3, 0.4) is 0 Å². The third-order valence-electron chi connectivity index (χ3n) is 11.6. The zero-order chi connectivity index (χ0) is 51.3. The topological polar surface area (TPSA) is 105 Å². The minimum Gasteiger partial charge on any atom is -0.387 e. The van der Waals surface area contributed by atoms with Crippen LogP contribution in [0.5, 0.6) is 0 Å². The van der Waals surface area contributed by atoms with Crippen LogP contribution in [0.15, 0.2) is 122 Å². The molecule has 0 aromatic carbocycles. The molecule has 0 aromatic heterocycles. The molecule has 8 nitrogen and oxygen atoms in total. The first-order valence-corrected chi connectivity index (χ1v) is 29.4. The smallest absolute Gasteiger partial charge is 0.387 e. The van der Waals surface area contributed by atoms with Gasteiger partial charge in [0.15, 0.2) is 0 Å². The van der Waals surface area contributed by atoms with Crippen molar-refractivity contribution in [1.29, 1.82) is 0 Å². The number of nitrogens with zero attached hydrogens (tertiary/aromatic N) is 1. The number of aliphatic hydroxyl groups excluding tert-OH is 1. The maximum Gasteiger partial charge on any atom is 0.472 e. The van der Waals surface area contributed by atoms with Gasteiger partial charge in [0.2, 0.25) is 5.91 Å². The molecule has 0 aromatic rings. The Bertz CT molecular complexity index is 1550. The Morgan fingerprint density at radius 1 is 0.500 bits per heavy atom. The van der Waals surface area contributed by atoms with Crippen LogP contribution in [0, 0.1) is 0 Å². The molecule has 0 heterocycles. The molecule has 0 spiro atoms. The zero-order valence-electron chi connectivity index (χ0n) is 45.5. The number of rotatable bonds is 49. The first kappa shape index (κ1) is 66.9. The lowest BCUT2D eigenvalue weighted by Crippen LogP contribution is -2.45. The van der Waals surface area contributed by atoms with Gasteiger partial charge < -0.3 is 19.8 Å². The molecule has 0 radical (unpaired) electrons. The molecule has 0 rings (SSSR count). The van der Waals surface area contributed by atoms with Gasteiger partial charge in [0.25, 0.3) is 0 Å². The van der Waals surface area contributed by atoms with Gasteiger partial charge >= 0.3 is 7.82 Å². The monoisotopic (exact) mass is 994 g/mol. The molecule has 400 valence electrons. The molecule has 1 amide bonds. The van der Waals surface area contributed by atoms with Crippen LogP contribution in [0.25, 0.3) is 0 Å². The Balaban J connectivity index is 4.44. The van der Waals surface area contributed by atoms with Gasteiger partial charge in [-0.05, 0) is 103 Å². The zero-order valence-corrected chi connectivity index (χ0v) is 46.4. The lowest BCUT2D eigenvalue weighted by molar-refractivity contribution is -0.870. The van der Waals surface area contributed by atoms with Gasteiger partial charge in [0.1, 0.15) is 13.2 Å². The summed E-state index contributed by atoms with van der Waals surface area (Å²) < 4.78 is 23.6. The predicted molar refractivity (Wildman–Crippen MR) is 304 cm³/mol. The van der Waals surface area contributed by atoms with E-state index in [1.807, 2.05) is 27.2 Å². The summed E-state index contributed by atoms with van der Waals surface area (Å²) in [4.78, 5) is 23.3. The Labute approximate surface area is 431 Å². The molecular formula is C61H106N2O6P+. The molecular weight excluding hydrogens is 888 g/mol. The standard InChI is InChI=1S/C61H105N2O6P/c1-6-8-10-12-14-16-18-20-22-24-26-28-30-31-33-35-37-39-41-43-45-47-49-51-53-55-61(65)62-59(58-69-70(66,67)68-57-56-63(3,4)5)60(64)54-52-50-48-46-44-42-40-38-36-34-32-29-27-25-23-21-19-17-15-13-11-9-7-2/h8,10,14,16,20,22,26,28,31,33,36-39,43-46,52,54,59-60,64H,6-7,9,11-13,15,17-19,21,23-25,27,29-30,32,34-35,40-42,47-51,53,55-58H2,1-5H3,(H-,62,65,66,67)/p+1/b10-8-,16-14-,22-20-,28-26-,33-31-,38-36+,39-37-,45-43-,46-44+,54-52+. The average molecular weight is 995 g/mol. The highest BCUT2D eigenvalue weighted by atomic mass is 31.2. The second-order valence-electron chi connectivity index (χ2n) is 19.6. The SMILES string of the molecule is CC/C=C\C/C=C\C/C=C\C/C=C\C/C=C\C/C=C\C/C=C\CCCCCC(=O)NC(COP(=O)(O)OCC[N+](C)(C)C)C(O)/C=C/CC/C=C/CC/C=C/CCCCCCCCCCCCCCC. The van der Waals surface area contributed by atoms with Crippen molar-refractivity contribution in [2.75, 3.05) is 40.9 Å². The van der Waals surface area contributed by atoms with E-state index < -0.39 is 20.0 Å². The lowest BCUT2D eigenvalue weighted by atomic mass is 10.0. The maximum absolute atomic E-state index is 13.0. The van der Waals surface area contributed by atoms with E-state index in [0.717, 1.165) is 89.9 Å². The number of hydrogen-bond acceptors (Lipinski definition) is 5. The molecule has 9 heteroatoms. The highest BCUT2D eigenvalue weighted by molar-refractivity contribution is 7.47. The van der Waals surface area contributed by atoms with E-state index in [-0.39, 0.29) is 19.1 Å². The lowest BCUT2D eigenvalue weighted by Gasteiger charge is -2.25. The maximum atomic E-state index is 13.0. The van der Waals surface area contributed by atoms with Crippen LogP contribution < -0.4 is 5.32 Å². The quantitative estimate of drug-likeness (QED) is 0.0243. The van der Waals surface area contributed by atoms with Crippen LogP contribution in [0.2, 0.25) is 0 Å². The summed E-state index contributed by atoms with van der Waals surface area (Å²) in [7, 11) is 1.50. The minimum absolute atomic E-state index is 0.0395. The number of amides is 1. The van der Waals surface area contributed by atoms with Crippen LogP contribution in [0.4, 0.5) is 0 Å². The first-order valence-electron chi connectivity index (χ1n) is 27.9. The van der Waals surface area contributed by atoms with Gasteiger partial charge in [-0.3, -0.25) is 13.8 Å².